The van der Waals surface area contributed by atoms with Crippen molar-refractivity contribution in [2.24, 2.45) is 17.8 Å². The fourth-order valence-corrected chi connectivity index (χ4v) is 7.84. The van der Waals surface area contributed by atoms with E-state index in [2.05, 4.69) is 31.9 Å². The van der Waals surface area contributed by atoms with E-state index < -0.39 is 35.1 Å². The van der Waals surface area contributed by atoms with Gasteiger partial charge in [-0.2, -0.15) is 0 Å². The van der Waals surface area contributed by atoms with Crippen LogP contribution in [0.2, 0.25) is 0 Å². The van der Waals surface area contributed by atoms with Gasteiger partial charge < -0.3 is 29.4 Å². The molecule has 3 aliphatic rings. The van der Waals surface area contributed by atoms with Crippen LogP contribution in [0.3, 0.4) is 0 Å². The van der Waals surface area contributed by atoms with Gasteiger partial charge in [-0.1, -0.05) is 32.9 Å². The molecular weight excluding hydrogens is 544 g/mol. The van der Waals surface area contributed by atoms with Crippen molar-refractivity contribution in [2.45, 2.75) is 77.2 Å². The second-order valence-corrected chi connectivity index (χ2v) is 12.5. The van der Waals surface area contributed by atoms with E-state index in [1.165, 1.54) is 0 Å². The number of nitrogens with zero attached hydrogens (tertiary/aromatic N) is 4. The summed E-state index contributed by atoms with van der Waals surface area (Å²) in [5.74, 6) is -2.42. The smallest absolute Gasteiger partial charge is 0.253 e. The highest BCUT2D eigenvalue weighted by atomic mass is 16.5. The molecule has 2 unspecified atom stereocenters. The zero-order chi connectivity index (χ0) is 31.7. The lowest BCUT2D eigenvalue weighted by molar-refractivity contribution is -0.153. The Hall–Kier alpha value is -3.17. The molecule has 3 heterocycles. The number of hydrogen-bond donors (Lipinski definition) is 1. The molecule has 1 spiro atoms. The first-order valence-electron chi connectivity index (χ1n) is 15.8. The molecule has 1 aromatic rings. The highest BCUT2D eigenvalue weighted by molar-refractivity contribution is 6.05. The highest BCUT2D eigenvalue weighted by Crippen LogP contribution is 2.65. The molecule has 0 aromatic heterocycles. The molecule has 9 nitrogen and oxygen atoms in total. The summed E-state index contributed by atoms with van der Waals surface area (Å²) in [5, 5.41) is 10.6. The van der Waals surface area contributed by atoms with Crippen molar-refractivity contribution in [1.82, 2.24) is 9.80 Å². The summed E-state index contributed by atoms with van der Waals surface area (Å²) in [4.78, 5) is 50.5. The van der Waals surface area contributed by atoms with Gasteiger partial charge in [0, 0.05) is 44.6 Å². The van der Waals surface area contributed by atoms with Gasteiger partial charge >= 0.3 is 0 Å². The predicted octanol–water partition coefficient (Wildman–Crippen LogP) is 3.87. The number of aliphatic hydroxyl groups is 1. The molecule has 2 bridgehead atoms. The minimum atomic E-state index is -1.18. The molecule has 0 saturated carbocycles. The van der Waals surface area contributed by atoms with Gasteiger partial charge in [0.2, 0.25) is 11.8 Å². The summed E-state index contributed by atoms with van der Waals surface area (Å²) in [6.07, 6.45) is 4.95. The van der Waals surface area contributed by atoms with E-state index in [9.17, 15) is 19.5 Å². The summed E-state index contributed by atoms with van der Waals surface area (Å²) in [6, 6.07) is 6.25. The third-order valence-electron chi connectivity index (χ3n) is 10.1. The number of aliphatic hydroxyl groups excluding tert-OH is 1. The van der Waals surface area contributed by atoms with Crippen LogP contribution >= 0.6 is 0 Å². The number of likely N-dealkylation sites (tertiary alicyclic amines) is 1. The summed E-state index contributed by atoms with van der Waals surface area (Å²) in [7, 11) is 1.71. The van der Waals surface area contributed by atoms with Gasteiger partial charge in [0.15, 0.2) is 0 Å². The van der Waals surface area contributed by atoms with E-state index in [1.807, 2.05) is 45.0 Å². The highest BCUT2D eigenvalue weighted by Gasteiger charge is 2.79. The lowest BCUT2D eigenvalue weighted by atomic mass is 9.64. The lowest BCUT2D eigenvalue weighted by Gasteiger charge is -2.40. The standard InChI is InChI=1S/C34H50N4O5/c1-9-20-35(8)30(40)27-28-31(41)38(26(22-39)23(6)7)29(34(28)19-18-33(27,11-3)43-34)32(42)37(21-10-2)25-16-14-24(15-17-25)36(12-4)13-5/h9-10,14-17,23,26-29,39H,1-2,11-13,18-22H2,3-8H3/t26-,27+,28-,29?,33-,34?/m0/s1. The van der Waals surface area contributed by atoms with E-state index >= 15 is 0 Å². The molecule has 0 radical (unpaired) electrons. The van der Waals surface area contributed by atoms with Crippen molar-refractivity contribution >= 4 is 29.1 Å². The maximum atomic E-state index is 14.9. The minimum absolute atomic E-state index is 0.129. The number of anilines is 2. The van der Waals surface area contributed by atoms with Gasteiger partial charge in [-0.25, -0.2) is 0 Å². The van der Waals surface area contributed by atoms with Gasteiger partial charge in [-0.15, -0.1) is 13.2 Å². The summed E-state index contributed by atoms with van der Waals surface area (Å²) >= 11 is 0. The van der Waals surface area contributed by atoms with Crippen LogP contribution in [0.15, 0.2) is 49.6 Å². The Morgan fingerprint density at radius 2 is 1.65 bits per heavy atom. The second-order valence-electron chi connectivity index (χ2n) is 12.5. The van der Waals surface area contributed by atoms with Crippen LogP contribution in [0, 0.1) is 17.8 Å². The molecule has 1 N–H and O–H groups in total. The van der Waals surface area contributed by atoms with Crippen molar-refractivity contribution in [1.29, 1.82) is 0 Å². The first-order valence-corrected chi connectivity index (χ1v) is 15.8. The van der Waals surface area contributed by atoms with Crippen molar-refractivity contribution in [3.8, 4) is 0 Å². The Labute approximate surface area is 257 Å². The van der Waals surface area contributed by atoms with Crippen LogP contribution in [0.1, 0.15) is 53.9 Å². The Balaban J connectivity index is 1.84. The number of rotatable bonds is 14. The van der Waals surface area contributed by atoms with Gasteiger partial charge in [0.1, 0.15) is 11.6 Å². The molecule has 3 amide bonds. The summed E-state index contributed by atoms with van der Waals surface area (Å²) in [5.41, 5.74) is -0.265. The topological polar surface area (TPSA) is 93.6 Å². The monoisotopic (exact) mass is 594 g/mol. The fraction of sp³-hybridized carbons (Fsp3) is 0.618. The molecule has 4 rings (SSSR count). The average molecular weight is 595 g/mol. The Morgan fingerprint density at radius 3 is 2.16 bits per heavy atom. The molecule has 0 aliphatic carbocycles. The van der Waals surface area contributed by atoms with Gasteiger partial charge in [0.25, 0.3) is 5.91 Å². The maximum Gasteiger partial charge on any atom is 0.253 e. The first-order chi connectivity index (χ1) is 20.5. The summed E-state index contributed by atoms with van der Waals surface area (Å²) in [6.45, 7) is 19.8. The molecule has 3 fully saturated rings. The van der Waals surface area contributed by atoms with Crippen LogP contribution in [0.5, 0.6) is 0 Å². The van der Waals surface area contributed by atoms with Crippen LogP contribution in [0.25, 0.3) is 0 Å². The van der Waals surface area contributed by atoms with E-state index in [0.717, 1.165) is 18.8 Å². The Morgan fingerprint density at radius 1 is 1.05 bits per heavy atom. The van der Waals surface area contributed by atoms with Crippen LogP contribution < -0.4 is 9.80 Å². The third kappa shape index (κ3) is 5.18. The molecular formula is C34H50N4O5. The predicted molar refractivity (Wildman–Crippen MR) is 170 cm³/mol. The molecule has 3 saturated heterocycles. The van der Waals surface area contributed by atoms with Crippen LogP contribution in [-0.2, 0) is 19.1 Å². The number of carbonyl (C=O) groups is 3. The number of fused-ring (bicyclic) bond motifs is 1. The number of likely N-dealkylation sites (N-methyl/N-ethyl adjacent to an activating group) is 1. The molecule has 43 heavy (non-hydrogen) atoms. The SMILES string of the molecule is C=CCN(C)C(=O)[C@H]1[C@H]2C(=O)N([C@@H](CO)C(C)C)C(C(=O)N(CC=C)c3ccc(N(CC)CC)cc3)C23CC[C@]1(CC)O3. The van der Waals surface area contributed by atoms with Crippen molar-refractivity contribution in [3.05, 3.63) is 49.6 Å². The fourth-order valence-electron chi connectivity index (χ4n) is 7.84. The number of amides is 3. The van der Waals surface area contributed by atoms with E-state index in [4.69, 9.17) is 4.74 Å². The number of benzene rings is 1. The van der Waals surface area contributed by atoms with Crippen molar-refractivity contribution < 1.29 is 24.2 Å². The molecule has 1 aromatic carbocycles. The normalized spacial score (nSPS) is 28.1. The molecule has 3 aliphatic heterocycles. The van der Waals surface area contributed by atoms with Crippen LogP contribution in [0.4, 0.5) is 11.4 Å². The Kier molecular flexibility index (Phi) is 9.76. The zero-order valence-corrected chi connectivity index (χ0v) is 26.8. The maximum absolute atomic E-state index is 14.9. The lowest BCUT2D eigenvalue weighted by Crippen LogP contribution is -2.60. The Bertz CT molecular complexity index is 1210. The summed E-state index contributed by atoms with van der Waals surface area (Å²) < 4.78 is 6.94. The number of ether oxygens (including phenoxy) is 1. The van der Waals surface area contributed by atoms with Gasteiger partial charge in [-0.3, -0.25) is 14.4 Å². The number of hydrogen-bond acceptors (Lipinski definition) is 6. The first kappa shape index (κ1) is 32.7. The van der Waals surface area contributed by atoms with E-state index in [-0.39, 0.29) is 36.8 Å². The molecule has 6 atom stereocenters. The number of carbonyl (C=O) groups excluding carboxylic acids is 3. The van der Waals surface area contributed by atoms with Gasteiger partial charge in [0.05, 0.1) is 30.1 Å². The third-order valence-corrected chi connectivity index (χ3v) is 10.1. The minimum Gasteiger partial charge on any atom is -0.394 e. The van der Waals surface area contributed by atoms with Gasteiger partial charge in [-0.05, 0) is 63.3 Å². The largest absolute Gasteiger partial charge is 0.394 e. The van der Waals surface area contributed by atoms with E-state index in [1.54, 1.807) is 33.9 Å². The average Bonchev–Trinajstić information content (AvgIpc) is 3.60. The molecule has 9 heteroatoms. The molecule has 236 valence electrons. The second kappa shape index (κ2) is 12.8. The zero-order valence-electron chi connectivity index (χ0n) is 26.8. The van der Waals surface area contributed by atoms with Crippen LogP contribution in [-0.4, -0.2) is 95.7 Å². The van der Waals surface area contributed by atoms with E-state index in [0.29, 0.717) is 31.5 Å². The quantitative estimate of drug-likeness (QED) is 0.329. The van der Waals surface area contributed by atoms with Crippen molar-refractivity contribution in [3.63, 3.8) is 0 Å². The van der Waals surface area contributed by atoms with Crippen molar-refractivity contribution in [2.75, 3.05) is 49.6 Å².